The van der Waals surface area contributed by atoms with Gasteiger partial charge in [0.05, 0.1) is 11.9 Å². The van der Waals surface area contributed by atoms with Crippen molar-refractivity contribution < 1.29 is 0 Å². The molecule has 4 rings (SSSR count). The number of aromatic nitrogens is 1. The van der Waals surface area contributed by atoms with Crippen molar-refractivity contribution in [1.29, 1.82) is 0 Å². The van der Waals surface area contributed by atoms with Crippen LogP contribution in [0.1, 0.15) is 18.1 Å². The summed E-state index contributed by atoms with van der Waals surface area (Å²) in [6.45, 7) is 5.08. The quantitative estimate of drug-likeness (QED) is 0.390. The Kier molecular flexibility index (Phi) is 3.98. The number of nitrogens with one attached hydrogen (secondary N) is 1. The van der Waals surface area contributed by atoms with E-state index < -0.39 is 0 Å². The van der Waals surface area contributed by atoms with Crippen LogP contribution in [-0.4, -0.2) is 17.7 Å². The maximum Gasteiger partial charge on any atom is 0.0593 e. The fraction of sp³-hybridized carbons (Fsp3) is 0.136. The second-order valence-corrected chi connectivity index (χ2v) is 6.23. The van der Waals surface area contributed by atoms with Gasteiger partial charge in [-0.25, -0.2) is 0 Å². The second-order valence-electron chi connectivity index (χ2n) is 6.23. The number of para-hydroxylation sites is 2. The lowest BCUT2D eigenvalue weighted by atomic mass is 10.1. The van der Waals surface area contributed by atoms with Gasteiger partial charge in [0.15, 0.2) is 0 Å². The van der Waals surface area contributed by atoms with Crippen LogP contribution in [0.25, 0.3) is 21.8 Å². The van der Waals surface area contributed by atoms with Gasteiger partial charge < -0.3 is 4.98 Å². The second kappa shape index (κ2) is 6.44. The molecule has 4 aromatic rings. The highest BCUT2D eigenvalue weighted by Crippen LogP contribution is 2.28. The Morgan fingerprint density at radius 1 is 0.960 bits per heavy atom. The lowest BCUT2D eigenvalue weighted by molar-refractivity contribution is 0.897. The van der Waals surface area contributed by atoms with E-state index in [0.29, 0.717) is 0 Å². The minimum atomic E-state index is 0.828. The molecule has 0 saturated carbocycles. The number of H-pyrrole nitrogens is 1. The number of hydrogen-bond donors (Lipinski definition) is 1. The first-order valence-electron chi connectivity index (χ1n) is 8.64. The number of hydrazone groups is 1. The van der Waals surface area contributed by atoms with Crippen LogP contribution in [0.2, 0.25) is 0 Å². The maximum atomic E-state index is 4.69. The number of benzene rings is 3. The molecule has 0 unspecified atom stereocenters. The van der Waals surface area contributed by atoms with Gasteiger partial charge in [0.1, 0.15) is 0 Å². The summed E-state index contributed by atoms with van der Waals surface area (Å²) < 4.78 is 0. The van der Waals surface area contributed by atoms with Crippen molar-refractivity contribution in [2.45, 2.75) is 13.8 Å². The van der Waals surface area contributed by atoms with E-state index in [1.165, 1.54) is 27.4 Å². The van der Waals surface area contributed by atoms with Crippen molar-refractivity contribution in [2.24, 2.45) is 5.10 Å². The molecule has 3 heteroatoms. The Balaban J connectivity index is 1.75. The summed E-state index contributed by atoms with van der Waals surface area (Å²) in [6.07, 6.45) is 1.95. The first kappa shape index (κ1) is 15.5. The van der Waals surface area contributed by atoms with Gasteiger partial charge in [0.2, 0.25) is 0 Å². The van der Waals surface area contributed by atoms with Crippen molar-refractivity contribution in [2.75, 3.05) is 11.6 Å². The van der Waals surface area contributed by atoms with Crippen LogP contribution in [-0.2, 0) is 0 Å². The molecule has 0 aliphatic heterocycles. The summed E-state index contributed by atoms with van der Waals surface area (Å²) in [7, 11) is 0. The first-order chi connectivity index (χ1) is 12.3. The highest BCUT2D eigenvalue weighted by Gasteiger charge is 2.07. The molecular formula is C22H21N3. The number of fused-ring (bicyclic) bond motifs is 3. The van der Waals surface area contributed by atoms with Gasteiger partial charge in [-0.05, 0) is 55.3 Å². The number of nitrogens with zero attached hydrogens (tertiary/aromatic N) is 2. The lowest BCUT2D eigenvalue weighted by Crippen LogP contribution is -2.15. The molecule has 3 aromatic carbocycles. The predicted octanol–water partition coefficient (Wildman–Crippen LogP) is 5.49. The zero-order valence-electron chi connectivity index (χ0n) is 14.5. The highest BCUT2D eigenvalue weighted by molar-refractivity contribution is 6.09. The molecule has 0 radical (unpaired) electrons. The molecule has 0 spiro atoms. The van der Waals surface area contributed by atoms with Crippen LogP contribution in [0.15, 0.2) is 71.8 Å². The molecule has 0 aliphatic carbocycles. The van der Waals surface area contributed by atoms with Gasteiger partial charge in [-0.1, -0.05) is 36.4 Å². The van der Waals surface area contributed by atoms with Crippen LogP contribution in [0.5, 0.6) is 0 Å². The molecule has 0 saturated heterocycles. The standard InChI is InChI=1S/C22H21N3/c1-3-25(18-9-5-4-6-10-18)23-15-17-13-16(2)22-20(14-17)19-11-7-8-12-21(19)24-22/h4-15,24H,3H2,1-2H3. The molecule has 0 amide bonds. The summed E-state index contributed by atoms with van der Waals surface area (Å²) in [4.78, 5) is 3.52. The van der Waals surface area contributed by atoms with Crippen LogP contribution in [0.4, 0.5) is 5.69 Å². The third-order valence-corrected chi connectivity index (χ3v) is 4.53. The molecule has 1 aromatic heterocycles. The Morgan fingerprint density at radius 2 is 1.72 bits per heavy atom. The zero-order chi connectivity index (χ0) is 17.2. The van der Waals surface area contributed by atoms with E-state index in [0.717, 1.165) is 17.8 Å². The third-order valence-electron chi connectivity index (χ3n) is 4.53. The highest BCUT2D eigenvalue weighted by atomic mass is 15.4. The van der Waals surface area contributed by atoms with Crippen molar-refractivity contribution >= 4 is 33.7 Å². The molecule has 1 N–H and O–H groups in total. The normalized spacial score (nSPS) is 11.6. The van der Waals surface area contributed by atoms with Gasteiger partial charge >= 0.3 is 0 Å². The summed E-state index contributed by atoms with van der Waals surface area (Å²) in [5.41, 5.74) is 5.83. The van der Waals surface area contributed by atoms with Crippen molar-refractivity contribution in [1.82, 2.24) is 4.98 Å². The molecule has 1 heterocycles. The molecule has 0 atom stereocenters. The van der Waals surface area contributed by atoms with Gasteiger partial charge in [-0.15, -0.1) is 0 Å². The van der Waals surface area contributed by atoms with Gasteiger partial charge in [0.25, 0.3) is 0 Å². The van der Waals surface area contributed by atoms with E-state index in [1.54, 1.807) is 0 Å². The molecule has 0 fully saturated rings. The Labute approximate surface area is 147 Å². The Hall–Kier alpha value is -3.07. The third kappa shape index (κ3) is 2.89. The monoisotopic (exact) mass is 327 g/mol. The Bertz CT molecular complexity index is 1040. The van der Waals surface area contributed by atoms with Crippen molar-refractivity contribution in [3.63, 3.8) is 0 Å². The minimum Gasteiger partial charge on any atom is -0.354 e. The number of rotatable bonds is 4. The fourth-order valence-corrected chi connectivity index (χ4v) is 3.30. The van der Waals surface area contributed by atoms with Crippen LogP contribution in [0.3, 0.4) is 0 Å². The van der Waals surface area contributed by atoms with Crippen molar-refractivity contribution in [3.05, 3.63) is 77.9 Å². The summed E-state index contributed by atoms with van der Waals surface area (Å²) in [5, 5.41) is 9.21. The van der Waals surface area contributed by atoms with Crippen LogP contribution >= 0.6 is 0 Å². The number of anilines is 1. The number of hydrogen-bond acceptors (Lipinski definition) is 2. The summed E-state index contributed by atoms with van der Waals surface area (Å²) in [6, 6.07) is 23.1. The molecular weight excluding hydrogens is 306 g/mol. The maximum absolute atomic E-state index is 4.69. The van der Waals surface area contributed by atoms with E-state index in [-0.39, 0.29) is 0 Å². The molecule has 0 aliphatic rings. The predicted molar refractivity (Wildman–Crippen MR) is 108 cm³/mol. The topological polar surface area (TPSA) is 31.4 Å². The van der Waals surface area contributed by atoms with Gasteiger partial charge in [0, 0.05) is 28.4 Å². The fourth-order valence-electron chi connectivity index (χ4n) is 3.30. The first-order valence-corrected chi connectivity index (χ1v) is 8.64. The zero-order valence-corrected chi connectivity index (χ0v) is 14.5. The SMILES string of the molecule is CCN(N=Cc1cc(C)c2[nH]c3ccccc3c2c1)c1ccccc1. The van der Waals surface area contributed by atoms with E-state index >= 15 is 0 Å². The number of aryl methyl sites for hydroxylation is 1. The molecule has 25 heavy (non-hydrogen) atoms. The lowest BCUT2D eigenvalue weighted by Gasteiger charge is -2.16. The molecule has 3 nitrogen and oxygen atoms in total. The van der Waals surface area contributed by atoms with E-state index in [4.69, 9.17) is 5.10 Å². The smallest absolute Gasteiger partial charge is 0.0593 e. The summed E-state index contributed by atoms with van der Waals surface area (Å²) in [5.74, 6) is 0. The summed E-state index contributed by atoms with van der Waals surface area (Å²) >= 11 is 0. The van der Waals surface area contributed by atoms with Crippen LogP contribution in [0, 0.1) is 6.92 Å². The largest absolute Gasteiger partial charge is 0.354 e. The van der Waals surface area contributed by atoms with E-state index in [1.807, 2.05) is 29.4 Å². The van der Waals surface area contributed by atoms with E-state index in [9.17, 15) is 0 Å². The van der Waals surface area contributed by atoms with E-state index in [2.05, 4.69) is 67.4 Å². The Morgan fingerprint density at radius 3 is 2.52 bits per heavy atom. The average Bonchev–Trinajstić information content (AvgIpc) is 3.03. The van der Waals surface area contributed by atoms with Gasteiger partial charge in [-0.2, -0.15) is 5.10 Å². The number of aromatic amines is 1. The van der Waals surface area contributed by atoms with Crippen molar-refractivity contribution in [3.8, 4) is 0 Å². The van der Waals surface area contributed by atoms with Crippen LogP contribution < -0.4 is 5.01 Å². The molecule has 0 bridgehead atoms. The van der Waals surface area contributed by atoms with Gasteiger partial charge in [-0.3, -0.25) is 5.01 Å². The molecule has 124 valence electrons. The average molecular weight is 327 g/mol. The minimum absolute atomic E-state index is 0.828.